The van der Waals surface area contributed by atoms with Crippen LogP contribution in [0.25, 0.3) is 10.6 Å². The fourth-order valence-corrected chi connectivity index (χ4v) is 4.92. The Labute approximate surface area is 181 Å². The standard InChI is InChI=1S/C21H20FN3O3S2/c1-14-19(30-20(23-14)15-6-11-29-13-15)21(27)28-12-18(26)25-9-7-24(8-10-25)17-4-2-16(22)3-5-17/h2-6,11,13H,7-10,12H2,1H3. The van der Waals surface area contributed by atoms with Crippen LogP contribution in [0.1, 0.15) is 15.4 Å². The number of hydrogen-bond donors (Lipinski definition) is 0. The van der Waals surface area contributed by atoms with Crippen molar-refractivity contribution in [2.45, 2.75) is 6.92 Å². The molecule has 0 atom stereocenters. The van der Waals surface area contributed by atoms with Crippen molar-refractivity contribution in [3.8, 4) is 10.6 Å². The molecule has 0 bridgehead atoms. The highest BCUT2D eigenvalue weighted by molar-refractivity contribution is 7.17. The van der Waals surface area contributed by atoms with Gasteiger partial charge in [0, 0.05) is 42.8 Å². The van der Waals surface area contributed by atoms with E-state index in [2.05, 4.69) is 9.88 Å². The van der Waals surface area contributed by atoms with Crippen molar-refractivity contribution in [2.24, 2.45) is 0 Å². The lowest BCUT2D eigenvalue weighted by atomic mass is 10.2. The smallest absolute Gasteiger partial charge is 0.350 e. The largest absolute Gasteiger partial charge is 0.451 e. The van der Waals surface area contributed by atoms with Crippen LogP contribution in [0.3, 0.4) is 0 Å². The average molecular weight is 446 g/mol. The zero-order chi connectivity index (χ0) is 21.1. The Hall–Kier alpha value is -2.78. The molecule has 0 spiro atoms. The normalized spacial score (nSPS) is 14.1. The quantitative estimate of drug-likeness (QED) is 0.559. The van der Waals surface area contributed by atoms with E-state index in [9.17, 15) is 14.0 Å². The minimum atomic E-state index is -0.523. The van der Waals surface area contributed by atoms with Crippen molar-refractivity contribution >= 4 is 40.2 Å². The Balaban J connectivity index is 1.29. The third-order valence-corrected chi connectivity index (χ3v) is 6.77. The summed E-state index contributed by atoms with van der Waals surface area (Å²) >= 11 is 2.84. The first-order valence-electron chi connectivity index (χ1n) is 9.46. The van der Waals surface area contributed by atoms with Gasteiger partial charge in [0.1, 0.15) is 15.7 Å². The van der Waals surface area contributed by atoms with Crippen LogP contribution in [-0.4, -0.2) is 54.5 Å². The van der Waals surface area contributed by atoms with E-state index in [0.29, 0.717) is 36.8 Å². The highest BCUT2D eigenvalue weighted by Gasteiger charge is 2.24. The monoisotopic (exact) mass is 445 g/mol. The summed E-state index contributed by atoms with van der Waals surface area (Å²) in [5.41, 5.74) is 2.51. The van der Waals surface area contributed by atoms with E-state index in [1.54, 1.807) is 35.3 Å². The van der Waals surface area contributed by atoms with E-state index in [-0.39, 0.29) is 18.3 Å². The number of nitrogens with zero attached hydrogens (tertiary/aromatic N) is 3. The molecule has 2 aromatic heterocycles. The number of ether oxygens (including phenoxy) is 1. The number of anilines is 1. The number of amides is 1. The van der Waals surface area contributed by atoms with E-state index < -0.39 is 5.97 Å². The minimum absolute atomic E-state index is 0.220. The van der Waals surface area contributed by atoms with Gasteiger partial charge in [-0.1, -0.05) is 0 Å². The molecule has 1 fully saturated rings. The summed E-state index contributed by atoms with van der Waals surface area (Å²) in [6.07, 6.45) is 0. The minimum Gasteiger partial charge on any atom is -0.451 e. The average Bonchev–Trinajstić information content (AvgIpc) is 3.42. The molecular formula is C21H20FN3O3S2. The molecule has 1 aromatic carbocycles. The number of benzene rings is 1. The van der Waals surface area contributed by atoms with Crippen LogP contribution in [-0.2, 0) is 9.53 Å². The molecular weight excluding hydrogens is 425 g/mol. The number of esters is 1. The molecule has 30 heavy (non-hydrogen) atoms. The number of aryl methyl sites for hydroxylation is 1. The van der Waals surface area contributed by atoms with Crippen molar-refractivity contribution in [3.05, 3.63) is 57.5 Å². The van der Waals surface area contributed by atoms with Gasteiger partial charge in [0.15, 0.2) is 6.61 Å². The van der Waals surface area contributed by atoms with E-state index >= 15 is 0 Å². The van der Waals surface area contributed by atoms with E-state index in [0.717, 1.165) is 16.3 Å². The molecule has 0 unspecified atom stereocenters. The molecule has 0 saturated carbocycles. The van der Waals surface area contributed by atoms with Crippen molar-refractivity contribution in [1.29, 1.82) is 0 Å². The predicted octanol–water partition coefficient (Wildman–Crippen LogP) is 3.82. The molecule has 0 N–H and O–H groups in total. The van der Waals surface area contributed by atoms with Gasteiger partial charge in [0.05, 0.1) is 5.69 Å². The van der Waals surface area contributed by atoms with Crippen LogP contribution in [0.15, 0.2) is 41.1 Å². The molecule has 1 saturated heterocycles. The first kappa shape index (κ1) is 20.5. The van der Waals surface area contributed by atoms with Crippen LogP contribution in [0.4, 0.5) is 10.1 Å². The number of aromatic nitrogens is 1. The van der Waals surface area contributed by atoms with Gasteiger partial charge in [-0.05, 0) is 42.6 Å². The topological polar surface area (TPSA) is 62.7 Å². The maximum absolute atomic E-state index is 13.1. The van der Waals surface area contributed by atoms with Crippen molar-refractivity contribution in [1.82, 2.24) is 9.88 Å². The molecule has 156 valence electrons. The summed E-state index contributed by atoms with van der Waals surface area (Å²) in [5, 5.41) is 4.70. The molecule has 1 aliphatic heterocycles. The van der Waals surface area contributed by atoms with Crippen molar-refractivity contribution in [3.63, 3.8) is 0 Å². The third-order valence-electron chi connectivity index (χ3n) is 4.90. The van der Waals surface area contributed by atoms with Gasteiger partial charge in [-0.25, -0.2) is 14.2 Å². The maximum Gasteiger partial charge on any atom is 0.350 e. The lowest BCUT2D eigenvalue weighted by Gasteiger charge is -2.36. The molecule has 9 heteroatoms. The fraction of sp³-hybridized carbons (Fsp3) is 0.286. The van der Waals surface area contributed by atoms with Crippen LogP contribution in [0, 0.1) is 12.7 Å². The van der Waals surface area contributed by atoms with Crippen molar-refractivity contribution < 1.29 is 18.7 Å². The number of thiazole rings is 1. The zero-order valence-corrected chi connectivity index (χ0v) is 18.0. The lowest BCUT2D eigenvalue weighted by Crippen LogP contribution is -2.49. The first-order valence-corrected chi connectivity index (χ1v) is 11.2. The number of piperazine rings is 1. The summed E-state index contributed by atoms with van der Waals surface area (Å²) in [4.78, 5) is 33.5. The van der Waals surface area contributed by atoms with Crippen LogP contribution < -0.4 is 4.90 Å². The fourth-order valence-electron chi connectivity index (χ4n) is 3.25. The number of halogens is 1. The molecule has 3 aromatic rings. The van der Waals surface area contributed by atoms with Gasteiger partial charge in [-0.3, -0.25) is 4.79 Å². The summed E-state index contributed by atoms with van der Waals surface area (Å²) in [6.45, 7) is 3.80. The van der Waals surface area contributed by atoms with Gasteiger partial charge in [0.25, 0.3) is 5.91 Å². The van der Waals surface area contributed by atoms with Crippen LogP contribution >= 0.6 is 22.7 Å². The highest BCUT2D eigenvalue weighted by atomic mass is 32.1. The number of carbonyl (C=O) groups excluding carboxylic acids is 2. The second-order valence-electron chi connectivity index (χ2n) is 6.87. The van der Waals surface area contributed by atoms with Gasteiger partial charge >= 0.3 is 5.97 Å². The summed E-state index contributed by atoms with van der Waals surface area (Å²) < 4.78 is 18.3. The summed E-state index contributed by atoms with van der Waals surface area (Å²) in [5.74, 6) is -1.01. The van der Waals surface area contributed by atoms with E-state index in [4.69, 9.17) is 4.74 Å². The van der Waals surface area contributed by atoms with Crippen molar-refractivity contribution in [2.75, 3.05) is 37.7 Å². The molecule has 1 amide bonds. The van der Waals surface area contributed by atoms with E-state index in [1.807, 2.05) is 16.8 Å². The van der Waals surface area contributed by atoms with Crippen LogP contribution in [0.5, 0.6) is 0 Å². The Morgan fingerprint density at radius 2 is 1.87 bits per heavy atom. The van der Waals surface area contributed by atoms with Gasteiger partial charge in [0.2, 0.25) is 0 Å². The molecule has 0 aliphatic carbocycles. The first-order chi connectivity index (χ1) is 14.5. The van der Waals surface area contributed by atoms with Crippen LogP contribution in [0.2, 0.25) is 0 Å². The molecule has 0 radical (unpaired) electrons. The lowest BCUT2D eigenvalue weighted by molar-refractivity contribution is -0.134. The number of rotatable bonds is 5. The Morgan fingerprint density at radius 3 is 2.53 bits per heavy atom. The number of hydrogen-bond acceptors (Lipinski definition) is 7. The molecule has 1 aliphatic rings. The third kappa shape index (κ3) is 4.52. The molecule has 6 nitrogen and oxygen atoms in total. The second-order valence-corrected chi connectivity index (χ2v) is 8.65. The maximum atomic E-state index is 13.1. The van der Waals surface area contributed by atoms with E-state index in [1.165, 1.54) is 23.5 Å². The van der Waals surface area contributed by atoms with Gasteiger partial charge < -0.3 is 14.5 Å². The second kappa shape index (κ2) is 8.93. The molecule has 3 heterocycles. The predicted molar refractivity (Wildman–Crippen MR) is 116 cm³/mol. The number of carbonyl (C=O) groups is 2. The Bertz CT molecular complexity index is 1030. The van der Waals surface area contributed by atoms with Gasteiger partial charge in [-0.15, -0.1) is 11.3 Å². The van der Waals surface area contributed by atoms with Gasteiger partial charge in [-0.2, -0.15) is 11.3 Å². The number of thiophene rings is 1. The SMILES string of the molecule is Cc1nc(-c2ccsc2)sc1C(=O)OCC(=O)N1CCN(c2ccc(F)cc2)CC1. The zero-order valence-electron chi connectivity index (χ0n) is 16.3. The summed E-state index contributed by atoms with van der Waals surface area (Å²) in [6, 6.07) is 8.27. The Kier molecular flexibility index (Phi) is 6.10. The highest BCUT2D eigenvalue weighted by Crippen LogP contribution is 2.29. The molecule has 4 rings (SSSR count). The summed E-state index contributed by atoms with van der Waals surface area (Å²) in [7, 11) is 0. The Morgan fingerprint density at radius 1 is 1.13 bits per heavy atom.